The van der Waals surface area contributed by atoms with E-state index < -0.39 is 0 Å². The number of halogens is 1. The third-order valence-electron chi connectivity index (χ3n) is 1.93. The predicted octanol–water partition coefficient (Wildman–Crippen LogP) is 2.52. The Balaban J connectivity index is 2.43. The lowest BCUT2D eigenvalue weighted by Crippen LogP contribution is -2.10. The van der Waals surface area contributed by atoms with Gasteiger partial charge in [-0.15, -0.1) is 0 Å². The molecule has 0 aliphatic carbocycles. The number of hydrogen-bond acceptors (Lipinski definition) is 0. The van der Waals surface area contributed by atoms with Gasteiger partial charge in [-0.25, -0.2) is 0 Å². The SMILES string of the molecule is Clc1ccc2c(c1)[N]CCC2. The van der Waals surface area contributed by atoms with Crippen molar-refractivity contribution in [2.24, 2.45) is 0 Å². The van der Waals surface area contributed by atoms with Crippen LogP contribution in [0.25, 0.3) is 0 Å². The zero-order chi connectivity index (χ0) is 7.68. The monoisotopic (exact) mass is 166 g/mol. The fourth-order valence-electron chi connectivity index (χ4n) is 1.36. The standard InChI is InChI=1S/C9H9ClN/c10-8-4-3-7-2-1-5-11-9(7)6-8/h3-4,6H,1-2,5H2. The summed E-state index contributed by atoms with van der Waals surface area (Å²) in [6.45, 7) is 0.952. The molecule has 2 heteroatoms. The van der Waals surface area contributed by atoms with E-state index in [1.807, 2.05) is 12.1 Å². The number of aryl methyl sites for hydroxylation is 1. The molecule has 1 nitrogen and oxygen atoms in total. The molecule has 1 aromatic rings. The van der Waals surface area contributed by atoms with Gasteiger partial charge in [0.05, 0.1) is 5.69 Å². The Hall–Kier alpha value is -0.690. The Labute approximate surface area is 71.4 Å². The van der Waals surface area contributed by atoms with E-state index in [9.17, 15) is 0 Å². The Morgan fingerprint density at radius 2 is 2.27 bits per heavy atom. The normalized spacial score (nSPS) is 15.4. The van der Waals surface area contributed by atoms with E-state index >= 15 is 0 Å². The van der Waals surface area contributed by atoms with Gasteiger partial charge in [0.2, 0.25) is 0 Å². The number of hydrogen-bond donors (Lipinski definition) is 0. The molecule has 0 fully saturated rings. The van der Waals surface area contributed by atoms with Crippen molar-refractivity contribution in [2.45, 2.75) is 12.8 Å². The fourth-order valence-corrected chi connectivity index (χ4v) is 1.53. The number of rotatable bonds is 0. The molecule has 2 rings (SSSR count). The highest BCUT2D eigenvalue weighted by Crippen LogP contribution is 2.25. The molecule has 11 heavy (non-hydrogen) atoms. The first-order valence-electron chi connectivity index (χ1n) is 3.82. The quantitative estimate of drug-likeness (QED) is 0.563. The van der Waals surface area contributed by atoms with Crippen molar-refractivity contribution in [3.8, 4) is 0 Å². The van der Waals surface area contributed by atoms with E-state index in [1.54, 1.807) is 0 Å². The molecule has 1 radical (unpaired) electrons. The van der Waals surface area contributed by atoms with Crippen molar-refractivity contribution in [1.82, 2.24) is 5.32 Å². The lowest BCUT2D eigenvalue weighted by Gasteiger charge is -2.14. The number of nitrogens with zero attached hydrogens (tertiary/aromatic N) is 1. The summed E-state index contributed by atoms with van der Waals surface area (Å²) >= 11 is 5.82. The molecule has 0 N–H and O–H groups in total. The van der Waals surface area contributed by atoms with Crippen molar-refractivity contribution in [3.05, 3.63) is 28.8 Å². The average molecular weight is 167 g/mol. The lowest BCUT2D eigenvalue weighted by molar-refractivity contribution is 0.704. The van der Waals surface area contributed by atoms with Gasteiger partial charge in [0.25, 0.3) is 0 Å². The molecule has 57 valence electrons. The maximum absolute atomic E-state index is 5.82. The Kier molecular flexibility index (Phi) is 1.74. The largest absolute Gasteiger partial charge is 0.285 e. The van der Waals surface area contributed by atoms with Gasteiger partial charge in [-0.1, -0.05) is 17.7 Å². The zero-order valence-corrected chi connectivity index (χ0v) is 6.93. The first kappa shape index (κ1) is 6.99. The summed E-state index contributed by atoms with van der Waals surface area (Å²) in [5, 5.41) is 5.16. The number of benzene rings is 1. The molecule has 0 unspecified atom stereocenters. The van der Waals surface area contributed by atoms with E-state index in [-0.39, 0.29) is 0 Å². The molecule has 0 spiro atoms. The van der Waals surface area contributed by atoms with E-state index in [1.165, 1.54) is 12.0 Å². The maximum Gasteiger partial charge on any atom is 0.0621 e. The average Bonchev–Trinajstić information content (AvgIpc) is 2.04. The second-order valence-electron chi connectivity index (χ2n) is 2.76. The number of fused-ring (bicyclic) bond motifs is 1. The summed E-state index contributed by atoms with van der Waals surface area (Å²) < 4.78 is 0. The summed E-state index contributed by atoms with van der Waals surface area (Å²) in [5.74, 6) is 0. The van der Waals surface area contributed by atoms with Crippen LogP contribution in [-0.2, 0) is 6.42 Å². The Morgan fingerprint density at radius 3 is 3.18 bits per heavy atom. The van der Waals surface area contributed by atoms with Gasteiger partial charge in [-0.05, 0) is 30.5 Å². The molecule has 1 aliphatic rings. The highest BCUT2D eigenvalue weighted by atomic mass is 35.5. The van der Waals surface area contributed by atoms with Crippen LogP contribution in [0.1, 0.15) is 12.0 Å². The highest BCUT2D eigenvalue weighted by molar-refractivity contribution is 6.30. The second kappa shape index (κ2) is 2.74. The van der Waals surface area contributed by atoms with Gasteiger partial charge in [0.1, 0.15) is 0 Å². The van der Waals surface area contributed by atoms with Crippen LogP contribution in [0.15, 0.2) is 18.2 Å². The molecule has 0 bridgehead atoms. The van der Waals surface area contributed by atoms with Crippen LogP contribution >= 0.6 is 11.6 Å². The third kappa shape index (κ3) is 1.33. The van der Waals surface area contributed by atoms with Crippen LogP contribution < -0.4 is 5.32 Å². The van der Waals surface area contributed by atoms with E-state index in [0.717, 1.165) is 23.7 Å². The molecule has 0 amide bonds. The van der Waals surface area contributed by atoms with Gasteiger partial charge >= 0.3 is 0 Å². The van der Waals surface area contributed by atoms with Gasteiger partial charge in [0.15, 0.2) is 0 Å². The summed E-state index contributed by atoms with van der Waals surface area (Å²) in [4.78, 5) is 0. The molecule has 1 aliphatic heterocycles. The third-order valence-corrected chi connectivity index (χ3v) is 2.17. The van der Waals surface area contributed by atoms with E-state index in [4.69, 9.17) is 11.6 Å². The van der Waals surface area contributed by atoms with Crippen LogP contribution in [-0.4, -0.2) is 6.54 Å². The molecule has 0 saturated heterocycles. The highest BCUT2D eigenvalue weighted by Gasteiger charge is 2.08. The predicted molar refractivity (Wildman–Crippen MR) is 46.4 cm³/mol. The smallest absolute Gasteiger partial charge is 0.0621 e. The topological polar surface area (TPSA) is 14.1 Å². The first-order chi connectivity index (χ1) is 5.36. The van der Waals surface area contributed by atoms with Crippen molar-refractivity contribution < 1.29 is 0 Å². The van der Waals surface area contributed by atoms with Gasteiger partial charge in [-0.3, -0.25) is 5.32 Å². The van der Waals surface area contributed by atoms with Gasteiger partial charge in [-0.2, -0.15) is 0 Å². The minimum atomic E-state index is 0.786. The molecule has 0 saturated carbocycles. The van der Waals surface area contributed by atoms with Crippen molar-refractivity contribution in [3.63, 3.8) is 0 Å². The van der Waals surface area contributed by atoms with Crippen LogP contribution in [0.5, 0.6) is 0 Å². The van der Waals surface area contributed by atoms with Crippen molar-refractivity contribution in [2.75, 3.05) is 6.54 Å². The fraction of sp³-hybridized carbons (Fsp3) is 0.333. The summed E-state index contributed by atoms with van der Waals surface area (Å²) in [6.07, 6.45) is 2.32. The molecule has 0 aromatic heterocycles. The second-order valence-corrected chi connectivity index (χ2v) is 3.19. The first-order valence-corrected chi connectivity index (χ1v) is 4.20. The zero-order valence-electron chi connectivity index (χ0n) is 6.18. The summed E-state index contributed by atoms with van der Waals surface area (Å²) in [7, 11) is 0. The minimum absolute atomic E-state index is 0.786. The summed E-state index contributed by atoms with van der Waals surface area (Å²) in [6, 6.07) is 5.94. The van der Waals surface area contributed by atoms with E-state index in [2.05, 4.69) is 11.4 Å². The molecule has 0 atom stereocenters. The van der Waals surface area contributed by atoms with Crippen LogP contribution in [0, 0.1) is 0 Å². The molecular weight excluding hydrogens is 158 g/mol. The van der Waals surface area contributed by atoms with E-state index in [0.29, 0.717) is 0 Å². The molecule has 1 heterocycles. The van der Waals surface area contributed by atoms with Gasteiger partial charge < -0.3 is 0 Å². The van der Waals surface area contributed by atoms with Crippen LogP contribution in [0.2, 0.25) is 5.02 Å². The van der Waals surface area contributed by atoms with Crippen molar-refractivity contribution in [1.29, 1.82) is 0 Å². The Morgan fingerprint density at radius 1 is 1.36 bits per heavy atom. The van der Waals surface area contributed by atoms with Crippen LogP contribution in [0.3, 0.4) is 0 Å². The molecular formula is C9H9ClN. The van der Waals surface area contributed by atoms with Gasteiger partial charge in [0, 0.05) is 11.6 Å². The van der Waals surface area contributed by atoms with Crippen LogP contribution in [0.4, 0.5) is 5.69 Å². The molecule has 1 aromatic carbocycles. The van der Waals surface area contributed by atoms with Crippen molar-refractivity contribution >= 4 is 17.3 Å². The lowest BCUT2D eigenvalue weighted by atomic mass is 10.0. The minimum Gasteiger partial charge on any atom is -0.285 e. The Bertz CT molecular complexity index is 270. The maximum atomic E-state index is 5.82. The summed E-state index contributed by atoms with van der Waals surface area (Å²) in [5.41, 5.74) is 2.42.